The van der Waals surface area contributed by atoms with E-state index in [1.807, 2.05) is 69.2 Å². The number of phosphoric ester groups is 2. The van der Waals surface area contributed by atoms with E-state index in [0.29, 0.717) is 25.7 Å². The number of hydrogen-bond acceptors (Lipinski definition) is 26. The molecule has 0 amide bonds. The summed E-state index contributed by atoms with van der Waals surface area (Å²) in [7, 11) is 21.1. The highest BCUT2D eigenvalue weighted by Gasteiger charge is 2.54. The second-order valence-electron chi connectivity index (χ2n) is 24.3. The highest BCUT2D eigenvalue weighted by Crippen LogP contribution is 2.50. The first-order valence-electron chi connectivity index (χ1n) is 30.1. The van der Waals surface area contributed by atoms with E-state index in [2.05, 4.69) is 15.1 Å². The molecule has 29 nitrogen and oxygen atoms in total. The molecule has 38 heteroatoms. The monoisotopic (exact) mass is 1320 g/mol. The van der Waals surface area contributed by atoms with E-state index in [0.717, 1.165) is 0 Å². The topological polar surface area (TPSA) is 384 Å². The minimum absolute atomic E-state index is 0.0227. The molecule has 500 valence electrons. The molecule has 89 heavy (non-hydrogen) atoms. The summed E-state index contributed by atoms with van der Waals surface area (Å²) in [6, 6.07) is -3.47. The smallest absolute Gasteiger partial charge is 0.268 e. The molecule has 7 aliphatic heterocycles. The first-order chi connectivity index (χ1) is 41.4. The van der Waals surface area contributed by atoms with E-state index >= 15 is 0 Å². The van der Waals surface area contributed by atoms with Crippen LogP contribution in [0.5, 0.6) is 0 Å². The zero-order valence-electron chi connectivity index (χ0n) is 53.3. The van der Waals surface area contributed by atoms with Crippen LogP contribution in [0.2, 0.25) is 0 Å². The number of aliphatic hydroxyl groups is 1. The molecule has 21 atom stereocenters. The fraction of sp³-hybridized carbons (Fsp3) is 1.00. The molecule has 4 N–H and O–H groups in total. The summed E-state index contributed by atoms with van der Waals surface area (Å²) in [5.74, 6) is 0. The zero-order chi connectivity index (χ0) is 66.9. The van der Waals surface area contributed by atoms with Gasteiger partial charge in [0.1, 0.15) is 88.3 Å². The van der Waals surface area contributed by atoms with Gasteiger partial charge < -0.3 is 105 Å². The molecule has 0 aromatic carbocycles. The van der Waals surface area contributed by atoms with Crippen LogP contribution in [-0.2, 0) is 93.2 Å². The van der Waals surface area contributed by atoms with Gasteiger partial charge in [0.05, 0.1) is 113 Å². The summed E-state index contributed by atoms with van der Waals surface area (Å²) in [5, 5.41) is 14.8. The fourth-order valence-corrected chi connectivity index (χ4v) is 13.5. The van der Waals surface area contributed by atoms with E-state index < -0.39 is 107 Å². The molecule has 0 aliphatic carbocycles. The van der Waals surface area contributed by atoms with Crippen molar-refractivity contribution in [2.75, 3.05) is 59.3 Å². The molecular weight excluding hydrogens is 1220 g/mol. The molecule has 0 saturated carbocycles. The quantitative estimate of drug-likeness (QED) is 0.0307. The minimum atomic E-state index is -4.81. The van der Waals surface area contributed by atoms with Gasteiger partial charge in [-0.1, -0.05) is 5.11 Å². The number of phosphoric acid groups is 2. The molecule has 12 radical (unpaired) electrons. The van der Waals surface area contributed by atoms with Crippen LogP contribution in [-0.4, -0.2) is 256 Å². The lowest BCUT2D eigenvalue weighted by molar-refractivity contribution is -0.239. The number of fused-ring (bicyclic) bond motifs is 1. The summed E-state index contributed by atoms with van der Waals surface area (Å²) in [6.07, 6.45) is -3.08. The number of azide groups is 1. The lowest BCUT2D eigenvalue weighted by Crippen LogP contribution is -2.57. The van der Waals surface area contributed by atoms with Crippen molar-refractivity contribution >= 4 is 70.5 Å². The Balaban J connectivity index is 0.000000268. The van der Waals surface area contributed by atoms with Crippen LogP contribution in [0.25, 0.3) is 10.4 Å². The van der Waals surface area contributed by atoms with Crippen molar-refractivity contribution in [3.8, 4) is 0 Å². The highest BCUT2D eigenvalue weighted by atomic mass is 31.2. The average Bonchev–Trinajstić information content (AvgIpc) is 1.75. The van der Waals surface area contributed by atoms with Crippen LogP contribution in [0, 0.1) is 0 Å². The maximum atomic E-state index is 12.6. The molecule has 0 aromatic rings. The maximum Gasteiger partial charge on any atom is 0.268 e. The van der Waals surface area contributed by atoms with Crippen molar-refractivity contribution in [3.63, 3.8) is 0 Å². The molecular formula is C51H91B6N5O24P3-3. The van der Waals surface area contributed by atoms with Gasteiger partial charge in [-0.2, -0.15) is 0 Å². The minimum Gasteiger partial charge on any atom is -0.766 e. The lowest BCUT2D eigenvalue weighted by atomic mass is 9.92. The van der Waals surface area contributed by atoms with Crippen LogP contribution in [0.4, 0.5) is 0 Å². The van der Waals surface area contributed by atoms with E-state index in [-0.39, 0.29) is 133 Å². The zero-order valence-corrected chi connectivity index (χ0v) is 56.0. The Morgan fingerprint density at radius 1 is 0.618 bits per heavy atom. The summed E-state index contributed by atoms with van der Waals surface area (Å²) in [6.45, 7) is 22.0. The fourth-order valence-electron chi connectivity index (χ4n) is 10.4. The molecule has 0 bridgehead atoms. The Labute approximate surface area is 533 Å². The third-order valence-corrected chi connectivity index (χ3v) is 17.4. The second kappa shape index (κ2) is 36.7. The van der Waals surface area contributed by atoms with Crippen LogP contribution in [0.3, 0.4) is 0 Å². The highest BCUT2D eigenvalue weighted by molar-refractivity contribution is 7.49. The van der Waals surface area contributed by atoms with E-state index in [1.165, 1.54) is 0 Å². The standard InChI is InChI=1S/C17H30B2N3O8P.C17H32B2NO8P.C9H17BNO5P.C8H15BO3/c1-10(2)25-9-17(8-21-22-20)14(6-16(19)29-17)30-31(23,24)26-7-13-12(27-11(3)4)5-15(18)28-13;1-10(2)23-9-17(8-20)14(6-16(19)27-17)28-29(21,22)24-7-13-12(25-11(3)4)5-15(18)26-13;1-6(2)14-5-9-4-11-17(12,13)16-7(9)3-8(10)15-9;1-5(2)11-6-3-8(9)12-7(6)4-10/h10-16H,5-9H2,1-4H3,(H,23,24);10-16H,5-9,20H2,1-4H3,(H,21,22);6-8H,3-5H2,1-2H3,(H2,11,12,13);5-8,10H,3-4H2,1-2H3/p-3/t2*12?,13-,14?,15-,16-,17-;7?,8-,9-;6?,7-,8-/m1111/s1. The molecule has 7 aliphatic rings. The number of hydrogen-bond donors (Lipinski definition) is 3. The summed E-state index contributed by atoms with van der Waals surface area (Å²) in [5.41, 5.74) is 11.2. The van der Waals surface area contributed by atoms with Crippen molar-refractivity contribution in [3.05, 3.63) is 10.4 Å². The summed E-state index contributed by atoms with van der Waals surface area (Å²) >= 11 is 0. The largest absolute Gasteiger partial charge is 0.766 e. The third-order valence-electron chi connectivity index (χ3n) is 14.3. The van der Waals surface area contributed by atoms with Gasteiger partial charge in [0.25, 0.3) is 15.6 Å². The van der Waals surface area contributed by atoms with Crippen LogP contribution in [0.15, 0.2) is 5.11 Å². The van der Waals surface area contributed by atoms with Crippen LogP contribution < -0.4 is 25.5 Å². The third kappa shape index (κ3) is 26.8. The summed E-state index contributed by atoms with van der Waals surface area (Å²) < 4.78 is 129. The van der Waals surface area contributed by atoms with Gasteiger partial charge in [0.2, 0.25) is 7.75 Å². The van der Waals surface area contributed by atoms with E-state index in [1.54, 1.807) is 13.8 Å². The number of nitrogens with zero attached hydrogens (tertiary/aromatic N) is 3. The van der Waals surface area contributed by atoms with Gasteiger partial charge >= 0.3 is 0 Å². The Bertz CT molecular complexity index is 2310. The number of ether oxygens (including phenoxy) is 12. The SMILES string of the molecule is [B][C@H]1CC(OC(C)C)[C@@H](CO)O1.[B][C@H]1CC(OC(C)C)[C@@H](COP(=O)([O-])OC2C[C@H]([B])O[C@]2(CN)COC(C)C)O1.[B][C@H]1CC(OC(C)C)[C@@H](COP(=O)([O-])OC2C[C@H]([B])O[C@]2(CN=[N+]=[N-])COC(C)C)O1.[B][C@H]1CC2OP(=O)([O-])NC[C@]2(COC(C)C)O1. The molecule has 7 saturated heterocycles. The Morgan fingerprint density at radius 2 is 1.01 bits per heavy atom. The Hall–Kier alpha value is -0.530. The molecule has 7 fully saturated rings. The van der Waals surface area contributed by atoms with Crippen molar-refractivity contribution < 1.29 is 113 Å². The predicted molar refractivity (Wildman–Crippen MR) is 322 cm³/mol. The van der Waals surface area contributed by atoms with Crippen molar-refractivity contribution in [2.24, 2.45) is 10.8 Å². The molecule has 9 unspecified atom stereocenters. The number of rotatable bonds is 29. The van der Waals surface area contributed by atoms with Crippen molar-refractivity contribution in [1.29, 1.82) is 0 Å². The van der Waals surface area contributed by atoms with Gasteiger partial charge in [-0.3, -0.25) is 18.8 Å². The van der Waals surface area contributed by atoms with Gasteiger partial charge in [0.15, 0.2) is 0 Å². The van der Waals surface area contributed by atoms with Crippen molar-refractivity contribution in [2.45, 2.75) is 266 Å². The Morgan fingerprint density at radius 3 is 1.43 bits per heavy atom. The van der Waals surface area contributed by atoms with Crippen LogP contribution >= 0.6 is 23.4 Å². The summed E-state index contributed by atoms with van der Waals surface area (Å²) in [4.78, 5) is 39.1. The van der Waals surface area contributed by atoms with Gasteiger partial charge in [-0.25, -0.2) is 0 Å². The molecule has 0 spiro atoms. The Kier molecular flexibility index (Phi) is 33.4. The molecule has 0 aromatic heterocycles. The van der Waals surface area contributed by atoms with Crippen LogP contribution in [0.1, 0.15) is 122 Å². The molecule has 7 heterocycles. The van der Waals surface area contributed by atoms with E-state index in [9.17, 15) is 28.4 Å². The number of nitrogens with one attached hydrogen (secondary N) is 1. The first-order valence-corrected chi connectivity index (χ1v) is 34.5. The van der Waals surface area contributed by atoms with Crippen molar-refractivity contribution in [1.82, 2.24) is 5.09 Å². The first kappa shape index (κ1) is 80.9. The van der Waals surface area contributed by atoms with E-state index in [4.69, 9.17) is 143 Å². The normalized spacial score (nSPS) is 38.2. The van der Waals surface area contributed by atoms with Gasteiger partial charge in [0, 0.05) is 54.0 Å². The van der Waals surface area contributed by atoms with Gasteiger partial charge in [-0.05, 0) is 127 Å². The van der Waals surface area contributed by atoms with Gasteiger partial charge in [-0.15, -0.1) is 0 Å². The maximum absolute atomic E-state index is 12.6. The lowest BCUT2D eigenvalue weighted by Gasteiger charge is -2.43. The number of nitrogens with two attached hydrogens (primary N) is 1. The molecule has 7 rings (SSSR count). The second-order valence-corrected chi connectivity index (χ2v) is 28.6. The number of aliphatic hydroxyl groups excluding tert-OH is 1. The average molecular weight is 1320 g/mol. The predicted octanol–water partition coefficient (Wildman–Crippen LogP) is 0.872.